The van der Waals surface area contributed by atoms with Crippen LogP contribution in [-0.4, -0.2) is 37.4 Å². The Morgan fingerprint density at radius 3 is 2.59 bits per heavy atom. The number of carbonyl (C=O) groups is 1. The lowest BCUT2D eigenvalue weighted by atomic mass is 10.4. The minimum atomic E-state index is -3.32. The average Bonchev–Trinajstić information content (AvgIpc) is 2.91. The number of sulfone groups is 1. The van der Waals surface area contributed by atoms with Crippen molar-refractivity contribution in [3.05, 3.63) is 11.8 Å². The van der Waals surface area contributed by atoms with Gasteiger partial charge in [-0.05, 0) is 19.8 Å². The van der Waals surface area contributed by atoms with E-state index in [1.54, 1.807) is 6.92 Å². The molecule has 0 atom stereocenters. The van der Waals surface area contributed by atoms with Crippen molar-refractivity contribution < 1.29 is 22.4 Å². The van der Waals surface area contributed by atoms with Gasteiger partial charge in [-0.2, -0.15) is 0 Å². The van der Waals surface area contributed by atoms with Crippen LogP contribution < -0.4 is 0 Å². The van der Waals surface area contributed by atoms with Gasteiger partial charge in [0.1, 0.15) is 4.75 Å². The molecular formula is C9H12N2O5S. The summed E-state index contributed by atoms with van der Waals surface area (Å²) >= 11 is 0. The molecule has 0 N–H and O–H groups in total. The zero-order chi connectivity index (χ0) is 12.7. The Bertz CT molecular complexity index is 543. The van der Waals surface area contributed by atoms with Crippen LogP contribution >= 0.6 is 0 Å². The molecule has 7 nitrogen and oxygen atoms in total. The van der Waals surface area contributed by atoms with Crippen LogP contribution in [-0.2, 0) is 19.3 Å². The van der Waals surface area contributed by atoms with Gasteiger partial charge in [0.05, 0.1) is 6.61 Å². The van der Waals surface area contributed by atoms with Crippen molar-refractivity contribution in [2.75, 3.05) is 12.9 Å². The summed E-state index contributed by atoms with van der Waals surface area (Å²) in [6, 6.07) is 0. The van der Waals surface area contributed by atoms with Gasteiger partial charge in [-0.15, -0.1) is 10.2 Å². The van der Waals surface area contributed by atoms with Crippen LogP contribution in [0, 0.1) is 0 Å². The van der Waals surface area contributed by atoms with Crippen LogP contribution in [0.2, 0.25) is 0 Å². The first-order valence-electron chi connectivity index (χ1n) is 5.11. The van der Waals surface area contributed by atoms with Gasteiger partial charge < -0.3 is 9.15 Å². The van der Waals surface area contributed by atoms with Crippen LogP contribution in [0.4, 0.5) is 0 Å². The van der Waals surface area contributed by atoms with E-state index in [1.807, 2.05) is 0 Å². The van der Waals surface area contributed by atoms with E-state index in [2.05, 4.69) is 14.9 Å². The van der Waals surface area contributed by atoms with E-state index in [0.29, 0.717) is 12.8 Å². The van der Waals surface area contributed by atoms with Crippen molar-refractivity contribution in [3.63, 3.8) is 0 Å². The maximum atomic E-state index is 11.6. The fraction of sp³-hybridized carbons (Fsp3) is 0.667. The molecule has 0 saturated heterocycles. The number of ether oxygens (including phenoxy) is 1. The smallest absolute Gasteiger partial charge is 0.396 e. The Balaban J connectivity index is 2.29. The topological polar surface area (TPSA) is 99.4 Å². The van der Waals surface area contributed by atoms with Gasteiger partial charge in [0.15, 0.2) is 9.84 Å². The molecule has 1 aliphatic carbocycles. The van der Waals surface area contributed by atoms with Crippen molar-refractivity contribution in [3.8, 4) is 0 Å². The molecule has 8 heteroatoms. The van der Waals surface area contributed by atoms with E-state index in [4.69, 9.17) is 4.42 Å². The van der Waals surface area contributed by atoms with Crippen molar-refractivity contribution >= 4 is 15.8 Å². The fourth-order valence-electron chi connectivity index (χ4n) is 1.54. The van der Waals surface area contributed by atoms with Crippen LogP contribution in [0.5, 0.6) is 0 Å². The predicted octanol–water partition coefficient (Wildman–Crippen LogP) is 0.280. The Labute approximate surface area is 98.1 Å². The number of hydrogen-bond donors (Lipinski definition) is 0. The van der Waals surface area contributed by atoms with Gasteiger partial charge >= 0.3 is 11.9 Å². The van der Waals surface area contributed by atoms with Gasteiger partial charge in [0.25, 0.3) is 0 Å². The molecule has 1 saturated carbocycles. The standard InChI is InChI=1S/C9H12N2O5S/c1-3-15-7(12)6-10-11-8(16-6)9(4-5-9)17(2,13)14/h3-5H2,1-2H3. The molecule has 94 valence electrons. The normalized spacial score (nSPS) is 17.8. The molecule has 17 heavy (non-hydrogen) atoms. The largest absolute Gasteiger partial charge is 0.459 e. The zero-order valence-corrected chi connectivity index (χ0v) is 10.3. The van der Waals surface area contributed by atoms with Crippen molar-refractivity contribution in [1.29, 1.82) is 0 Å². The first kappa shape index (κ1) is 12.0. The van der Waals surface area contributed by atoms with Crippen LogP contribution in [0.15, 0.2) is 4.42 Å². The Kier molecular flexibility index (Phi) is 2.69. The predicted molar refractivity (Wildman–Crippen MR) is 56.0 cm³/mol. The highest BCUT2D eigenvalue weighted by Crippen LogP contribution is 2.51. The quantitative estimate of drug-likeness (QED) is 0.717. The number of hydrogen-bond acceptors (Lipinski definition) is 7. The zero-order valence-electron chi connectivity index (χ0n) is 9.47. The summed E-state index contributed by atoms with van der Waals surface area (Å²) in [5.41, 5.74) is 0. The lowest BCUT2D eigenvalue weighted by Gasteiger charge is -2.06. The Morgan fingerprint density at radius 2 is 2.12 bits per heavy atom. The molecule has 1 aliphatic rings. The average molecular weight is 260 g/mol. The first-order chi connectivity index (χ1) is 7.90. The van der Waals surface area contributed by atoms with E-state index in [9.17, 15) is 13.2 Å². The minimum absolute atomic E-state index is 0.0250. The fourth-order valence-corrected chi connectivity index (χ4v) is 2.78. The summed E-state index contributed by atoms with van der Waals surface area (Å²) in [5.74, 6) is -1.07. The van der Waals surface area contributed by atoms with Crippen molar-refractivity contribution in [2.45, 2.75) is 24.5 Å². The van der Waals surface area contributed by atoms with E-state index >= 15 is 0 Å². The van der Waals surface area contributed by atoms with Crippen molar-refractivity contribution in [2.24, 2.45) is 0 Å². The summed E-state index contributed by atoms with van der Waals surface area (Å²) in [6.07, 6.45) is 2.00. The second kappa shape index (κ2) is 3.80. The van der Waals surface area contributed by atoms with E-state index in [0.717, 1.165) is 6.26 Å². The molecule has 1 aromatic heterocycles. The number of nitrogens with zero attached hydrogens (tertiary/aromatic N) is 2. The lowest BCUT2D eigenvalue weighted by molar-refractivity contribution is 0.0478. The second-order valence-corrected chi connectivity index (χ2v) is 6.23. The summed E-state index contributed by atoms with van der Waals surface area (Å²) in [7, 11) is -3.32. The van der Waals surface area contributed by atoms with E-state index in [-0.39, 0.29) is 18.4 Å². The molecule has 1 aromatic rings. The third-order valence-electron chi connectivity index (χ3n) is 2.68. The SMILES string of the molecule is CCOC(=O)c1nnc(C2(S(C)(=O)=O)CC2)o1. The molecule has 0 aromatic carbocycles. The van der Waals surface area contributed by atoms with Gasteiger partial charge in [-0.25, -0.2) is 13.2 Å². The molecule has 1 heterocycles. The monoisotopic (exact) mass is 260 g/mol. The third-order valence-corrected chi connectivity index (χ3v) is 4.68. The van der Waals surface area contributed by atoms with Gasteiger partial charge in [-0.1, -0.05) is 0 Å². The highest BCUT2D eigenvalue weighted by molar-refractivity contribution is 7.91. The maximum absolute atomic E-state index is 11.6. The van der Waals surface area contributed by atoms with E-state index in [1.165, 1.54) is 0 Å². The Morgan fingerprint density at radius 1 is 1.47 bits per heavy atom. The second-order valence-electron chi connectivity index (χ2n) is 3.90. The van der Waals surface area contributed by atoms with Crippen molar-refractivity contribution in [1.82, 2.24) is 10.2 Å². The van der Waals surface area contributed by atoms with Gasteiger partial charge in [-0.3, -0.25) is 0 Å². The van der Waals surface area contributed by atoms with Crippen LogP contribution in [0.3, 0.4) is 0 Å². The molecular weight excluding hydrogens is 248 g/mol. The molecule has 0 unspecified atom stereocenters. The molecule has 0 bridgehead atoms. The molecule has 0 amide bonds. The maximum Gasteiger partial charge on any atom is 0.396 e. The highest BCUT2D eigenvalue weighted by Gasteiger charge is 2.58. The summed E-state index contributed by atoms with van der Waals surface area (Å²) < 4.78 is 31.8. The summed E-state index contributed by atoms with van der Waals surface area (Å²) in [5, 5.41) is 7.12. The summed E-state index contributed by atoms with van der Waals surface area (Å²) in [4.78, 5) is 11.3. The number of rotatable bonds is 4. The molecule has 1 fully saturated rings. The minimum Gasteiger partial charge on any atom is -0.459 e. The van der Waals surface area contributed by atoms with Crippen LogP contribution in [0.25, 0.3) is 0 Å². The van der Waals surface area contributed by atoms with Gasteiger partial charge in [0.2, 0.25) is 5.89 Å². The number of esters is 1. The lowest BCUT2D eigenvalue weighted by Crippen LogP contribution is -2.19. The third kappa shape index (κ3) is 1.92. The van der Waals surface area contributed by atoms with Crippen LogP contribution in [0.1, 0.15) is 36.3 Å². The van der Waals surface area contributed by atoms with Gasteiger partial charge in [0, 0.05) is 6.26 Å². The van der Waals surface area contributed by atoms with E-state index < -0.39 is 20.6 Å². The Hall–Kier alpha value is -1.44. The molecule has 0 aliphatic heterocycles. The highest BCUT2D eigenvalue weighted by atomic mass is 32.2. The molecule has 0 spiro atoms. The number of aromatic nitrogens is 2. The molecule has 2 rings (SSSR count). The molecule has 0 radical (unpaired) electrons. The summed E-state index contributed by atoms with van der Waals surface area (Å²) in [6.45, 7) is 1.84. The first-order valence-corrected chi connectivity index (χ1v) is 7.00. The number of carbonyl (C=O) groups excluding carboxylic acids is 1.